The molecule has 0 radical (unpaired) electrons. The number of hydrogen-bond acceptors (Lipinski definition) is 3. The van der Waals surface area contributed by atoms with E-state index < -0.39 is 0 Å². The van der Waals surface area contributed by atoms with E-state index in [0.717, 1.165) is 49.5 Å². The van der Waals surface area contributed by atoms with Crippen LogP contribution in [0.5, 0.6) is 0 Å². The summed E-state index contributed by atoms with van der Waals surface area (Å²) in [6.07, 6.45) is 9.44. The minimum Gasteiger partial charge on any atom is -0.376 e. The summed E-state index contributed by atoms with van der Waals surface area (Å²) in [4.78, 5) is 12.8. The van der Waals surface area contributed by atoms with Crippen molar-refractivity contribution in [2.75, 3.05) is 13.2 Å². The summed E-state index contributed by atoms with van der Waals surface area (Å²) in [5.41, 5.74) is 6.15. The lowest BCUT2D eigenvalue weighted by atomic mass is 9.85. The minimum absolute atomic E-state index is 0.0296. The van der Waals surface area contributed by atoms with Crippen LogP contribution >= 0.6 is 0 Å². The Balaban J connectivity index is 1.14. The molecule has 4 nitrogen and oxygen atoms in total. The number of hydrogen-bond donors (Lipinski definition) is 2. The van der Waals surface area contributed by atoms with Crippen LogP contribution in [0.4, 0.5) is 0 Å². The van der Waals surface area contributed by atoms with Gasteiger partial charge >= 0.3 is 0 Å². The molecule has 2 aromatic carbocycles. The van der Waals surface area contributed by atoms with Crippen LogP contribution in [0.25, 0.3) is 0 Å². The van der Waals surface area contributed by atoms with Crippen LogP contribution < -0.4 is 10.6 Å². The fourth-order valence-electron chi connectivity index (χ4n) is 4.90. The molecule has 164 valence electrons. The molecule has 0 spiro atoms. The average Bonchev–Trinajstić information content (AvgIpc) is 3.64. The maximum Gasteiger partial charge on any atom is 0.251 e. The Bertz CT molecular complexity index is 898. The van der Waals surface area contributed by atoms with Gasteiger partial charge in [0, 0.05) is 24.3 Å². The number of carbonyl (C=O) groups is 1. The molecule has 3 aliphatic rings. The summed E-state index contributed by atoms with van der Waals surface area (Å²) in [5, 5.41) is 6.91. The average molecular weight is 419 g/mol. The molecule has 1 aliphatic heterocycles. The minimum atomic E-state index is 0.0296. The highest BCUT2D eigenvalue weighted by molar-refractivity contribution is 5.94. The van der Waals surface area contributed by atoms with Crippen molar-refractivity contribution in [2.24, 2.45) is 5.92 Å². The zero-order valence-electron chi connectivity index (χ0n) is 18.4. The molecule has 1 saturated heterocycles. The zero-order valence-corrected chi connectivity index (χ0v) is 18.4. The van der Waals surface area contributed by atoms with E-state index in [9.17, 15) is 4.79 Å². The Labute approximate surface area is 185 Å². The van der Waals surface area contributed by atoms with E-state index >= 15 is 0 Å². The van der Waals surface area contributed by atoms with Crippen LogP contribution in [-0.2, 0) is 24.2 Å². The fourth-order valence-corrected chi connectivity index (χ4v) is 4.90. The van der Waals surface area contributed by atoms with Gasteiger partial charge in [-0.1, -0.05) is 36.8 Å². The van der Waals surface area contributed by atoms with Crippen molar-refractivity contribution in [1.82, 2.24) is 10.6 Å². The van der Waals surface area contributed by atoms with Crippen LogP contribution in [0.1, 0.15) is 77.2 Å². The van der Waals surface area contributed by atoms with Crippen LogP contribution in [0, 0.1) is 5.92 Å². The number of benzene rings is 2. The topological polar surface area (TPSA) is 50.4 Å². The largest absolute Gasteiger partial charge is 0.376 e. The van der Waals surface area contributed by atoms with E-state index in [2.05, 4.69) is 28.8 Å². The highest BCUT2D eigenvalue weighted by atomic mass is 16.5. The van der Waals surface area contributed by atoms with Crippen LogP contribution in [0.3, 0.4) is 0 Å². The molecule has 31 heavy (non-hydrogen) atoms. The molecule has 2 fully saturated rings. The third kappa shape index (κ3) is 5.36. The van der Waals surface area contributed by atoms with Crippen molar-refractivity contribution in [3.63, 3.8) is 0 Å². The number of ether oxygens (including phenoxy) is 1. The highest BCUT2D eigenvalue weighted by Gasteiger charge is 2.23. The van der Waals surface area contributed by atoms with E-state index in [-0.39, 0.29) is 11.9 Å². The van der Waals surface area contributed by atoms with Gasteiger partial charge in [-0.05, 0) is 91.8 Å². The molecular weight excluding hydrogens is 384 g/mol. The first-order valence-corrected chi connectivity index (χ1v) is 12.1. The number of carbonyl (C=O) groups excluding carboxylic acids is 1. The molecule has 2 unspecified atom stereocenters. The predicted molar refractivity (Wildman–Crippen MR) is 123 cm³/mol. The molecule has 2 N–H and O–H groups in total. The van der Waals surface area contributed by atoms with Gasteiger partial charge < -0.3 is 15.4 Å². The second-order valence-corrected chi connectivity index (χ2v) is 9.60. The van der Waals surface area contributed by atoms with Gasteiger partial charge in [0.25, 0.3) is 5.91 Å². The molecular formula is C27H34N2O2. The first-order chi connectivity index (χ1) is 15.2. The van der Waals surface area contributed by atoms with Crippen molar-refractivity contribution in [3.05, 3.63) is 70.3 Å². The standard InChI is InChI=1S/C27H34N2O2/c30-27(21-8-6-20(7-9-21)18-31-17-19-4-5-19)29-25-13-12-22-15-24(11-10-23(22)16-25)26-3-1-2-14-28-26/h6-11,15,19,25-26,28H,1-5,12-14,16-18H2,(H,29,30). The Hall–Kier alpha value is -2.17. The van der Waals surface area contributed by atoms with Crippen LogP contribution in [0.15, 0.2) is 42.5 Å². The summed E-state index contributed by atoms with van der Waals surface area (Å²) >= 11 is 0. The number of piperidine rings is 1. The van der Waals surface area contributed by atoms with Gasteiger partial charge in [-0.3, -0.25) is 4.79 Å². The summed E-state index contributed by atoms with van der Waals surface area (Å²) in [5.74, 6) is 0.808. The maximum atomic E-state index is 12.8. The van der Waals surface area contributed by atoms with Crippen molar-refractivity contribution < 1.29 is 9.53 Å². The Morgan fingerprint density at radius 3 is 2.65 bits per heavy atom. The lowest BCUT2D eigenvalue weighted by Crippen LogP contribution is -2.39. The molecule has 1 heterocycles. The summed E-state index contributed by atoms with van der Waals surface area (Å²) in [6, 6.07) is 15.6. The summed E-state index contributed by atoms with van der Waals surface area (Å²) < 4.78 is 5.74. The lowest BCUT2D eigenvalue weighted by Gasteiger charge is -2.28. The van der Waals surface area contributed by atoms with Crippen molar-refractivity contribution in [3.8, 4) is 0 Å². The first kappa shape index (κ1) is 20.7. The van der Waals surface area contributed by atoms with E-state index in [1.165, 1.54) is 48.8 Å². The van der Waals surface area contributed by atoms with Gasteiger partial charge in [-0.2, -0.15) is 0 Å². The SMILES string of the molecule is O=C(NC1CCc2cc(C3CCCCN3)ccc2C1)c1ccc(COCC2CC2)cc1. The second-order valence-electron chi connectivity index (χ2n) is 9.60. The summed E-state index contributed by atoms with van der Waals surface area (Å²) in [6.45, 7) is 2.63. The zero-order chi connectivity index (χ0) is 21.0. The van der Waals surface area contributed by atoms with Gasteiger partial charge in [0.2, 0.25) is 0 Å². The molecule has 1 saturated carbocycles. The number of rotatable bonds is 7. The van der Waals surface area contributed by atoms with Crippen molar-refractivity contribution in [1.29, 1.82) is 0 Å². The third-order valence-corrected chi connectivity index (χ3v) is 7.04. The number of fused-ring (bicyclic) bond motifs is 1. The third-order valence-electron chi connectivity index (χ3n) is 7.04. The van der Waals surface area contributed by atoms with Gasteiger partial charge in [0.1, 0.15) is 0 Å². The Morgan fingerprint density at radius 1 is 1.00 bits per heavy atom. The molecule has 0 bridgehead atoms. The fraction of sp³-hybridized carbons (Fsp3) is 0.519. The smallest absolute Gasteiger partial charge is 0.251 e. The van der Waals surface area contributed by atoms with Crippen molar-refractivity contribution >= 4 is 5.91 Å². The molecule has 2 aromatic rings. The molecule has 4 heteroatoms. The monoisotopic (exact) mass is 418 g/mol. The van der Waals surface area contributed by atoms with Gasteiger partial charge in [-0.15, -0.1) is 0 Å². The van der Waals surface area contributed by atoms with Gasteiger partial charge in [0.15, 0.2) is 0 Å². The van der Waals surface area contributed by atoms with E-state index in [4.69, 9.17) is 4.74 Å². The van der Waals surface area contributed by atoms with E-state index in [1.807, 2.05) is 24.3 Å². The van der Waals surface area contributed by atoms with E-state index in [0.29, 0.717) is 12.6 Å². The maximum absolute atomic E-state index is 12.8. The van der Waals surface area contributed by atoms with E-state index in [1.54, 1.807) is 0 Å². The quantitative estimate of drug-likeness (QED) is 0.684. The number of nitrogens with one attached hydrogen (secondary N) is 2. The second kappa shape index (κ2) is 9.54. The molecule has 1 amide bonds. The highest BCUT2D eigenvalue weighted by Crippen LogP contribution is 2.30. The van der Waals surface area contributed by atoms with Crippen LogP contribution in [0.2, 0.25) is 0 Å². The van der Waals surface area contributed by atoms with Crippen LogP contribution in [-0.4, -0.2) is 25.1 Å². The first-order valence-electron chi connectivity index (χ1n) is 12.1. The molecule has 5 rings (SSSR count). The molecule has 2 atom stereocenters. The van der Waals surface area contributed by atoms with Gasteiger partial charge in [-0.25, -0.2) is 0 Å². The van der Waals surface area contributed by atoms with Crippen molar-refractivity contribution in [2.45, 2.75) is 70.1 Å². The number of aryl methyl sites for hydroxylation is 1. The Morgan fingerprint density at radius 2 is 1.87 bits per heavy atom. The molecule has 0 aromatic heterocycles. The number of amides is 1. The predicted octanol–water partition coefficient (Wildman–Crippen LogP) is 4.72. The lowest BCUT2D eigenvalue weighted by molar-refractivity contribution is 0.0933. The van der Waals surface area contributed by atoms with Gasteiger partial charge in [0.05, 0.1) is 6.61 Å². The summed E-state index contributed by atoms with van der Waals surface area (Å²) in [7, 11) is 0. The normalized spacial score (nSPS) is 23.2. The Kier molecular flexibility index (Phi) is 6.37. The molecule has 2 aliphatic carbocycles.